The standard InChI is InChI=1S/C31H26F2N2O6S/c1-4-40-29(37)25-26(19-8-6-5-7-9-19)34-31-35(27(25)20-12-15-22(38-2)23(17-20)39-3)28(36)24(42-31)16-18-10-13-21(14-11-18)41-30(32)33/h5-17,27,30H,4H2,1-3H3/b24-16+/t27-/m0/s1. The van der Waals surface area contributed by atoms with Gasteiger partial charge in [-0.3, -0.25) is 9.36 Å². The monoisotopic (exact) mass is 592 g/mol. The Morgan fingerprint density at radius 1 is 1.02 bits per heavy atom. The largest absolute Gasteiger partial charge is 0.493 e. The van der Waals surface area contributed by atoms with E-state index in [4.69, 9.17) is 19.2 Å². The molecule has 1 aliphatic rings. The molecular weight excluding hydrogens is 566 g/mol. The maximum absolute atomic E-state index is 14.0. The van der Waals surface area contributed by atoms with Gasteiger partial charge in [-0.25, -0.2) is 9.79 Å². The number of alkyl halides is 2. The molecule has 8 nitrogen and oxygen atoms in total. The number of hydrogen-bond donors (Lipinski definition) is 0. The van der Waals surface area contributed by atoms with Crippen LogP contribution in [0, 0.1) is 0 Å². The summed E-state index contributed by atoms with van der Waals surface area (Å²) in [5.74, 6) is 0.301. The zero-order chi connectivity index (χ0) is 29.8. The van der Waals surface area contributed by atoms with Crippen molar-refractivity contribution in [3.8, 4) is 17.2 Å². The van der Waals surface area contributed by atoms with Gasteiger partial charge >= 0.3 is 12.6 Å². The Morgan fingerprint density at radius 3 is 2.38 bits per heavy atom. The Balaban J connectivity index is 1.77. The van der Waals surface area contributed by atoms with Crippen LogP contribution in [0.15, 0.2) is 88.2 Å². The van der Waals surface area contributed by atoms with Crippen molar-refractivity contribution >= 4 is 29.1 Å². The van der Waals surface area contributed by atoms with E-state index in [9.17, 15) is 18.4 Å². The zero-order valence-corrected chi connectivity index (χ0v) is 23.7. The molecule has 1 aromatic heterocycles. The van der Waals surface area contributed by atoms with Crippen LogP contribution in [0.25, 0.3) is 11.8 Å². The molecule has 11 heteroatoms. The molecular formula is C31H26F2N2O6S. The first-order valence-corrected chi connectivity index (χ1v) is 13.7. The lowest BCUT2D eigenvalue weighted by Gasteiger charge is -2.26. The van der Waals surface area contributed by atoms with E-state index in [1.165, 1.54) is 30.9 Å². The van der Waals surface area contributed by atoms with Crippen LogP contribution >= 0.6 is 11.3 Å². The predicted molar refractivity (Wildman–Crippen MR) is 154 cm³/mol. The van der Waals surface area contributed by atoms with Gasteiger partial charge in [0, 0.05) is 5.56 Å². The fraction of sp³-hybridized carbons (Fsp3) is 0.194. The van der Waals surface area contributed by atoms with Gasteiger partial charge < -0.3 is 18.9 Å². The molecule has 0 amide bonds. The second kappa shape index (κ2) is 12.4. The second-order valence-corrected chi connectivity index (χ2v) is 10.0. The van der Waals surface area contributed by atoms with E-state index in [0.717, 1.165) is 11.3 Å². The highest BCUT2D eigenvalue weighted by Crippen LogP contribution is 2.38. The molecule has 216 valence electrons. The minimum atomic E-state index is -2.94. The first-order chi connectivity index (χ1) is 20.3. The molecule has 0 saturated heterocycles. The van der Waals surface area contributed by atoms with E-state index in [0.29, 0.717) is 43.2 Å². The number of carbonyl (C=O) groups is 1. The molecule has 2 heterocycles. The van der Waals surface area contributed by atoms with Crippen LogP contribution in [0.4, 0.5) is 8.78 Å². The lowest BCUT2D eigenvalue weighted by molar-refractivity contribution is -0.138. The SMILES string of the molecule is CCOC(=O)C1=C(c2ccccc2)N=c2s/c(=C/c3ccc(OC(F)F)cc3)c(=O)n2[C@H]1c1ccc(OC)c(OC)c1. The van der Waals surface area contributed by atoms with Crippen molar-refractivity contribution in [3.05, 3.63) is 115 Å². The van der Waals surface area contributed by atoms with Crippen LogP contribution < -0.4 is 29.1 Å². The number of aromatic nitrogens is 1. The first kappa shape index (κ1) is 28.7. The molecule has 3 aromatic carbocycles. The Bertz CT molecular complexity index is 1810. The van der Waals surface area contributed by atoms with E-state index >= 15 is 0 Å². The molecule has 0 aliphatic carbocycles. The van der Waals surface area contributed by atoms with Crippen molar-refractivity contribution in [2.75, 3.05) is 20.8 Å². The molecule has 1 aliphatic heterocycles. The van der Waals surface area contributed by atoms with Gasteiger partial charge in [-0.2, -0.15) is 8.78 Å². The van der Waals surface area contributed by atoms with Crippen molar-refractivity contribution in [1.82, 2.24) is 4.57 Å². The highest BCUT2D eigenvalue weighted by atomic mass is 32.1. The summed E-state index contributed by atoms with van der Waals surface area (Å²) in [5, 5.41) is 0. The molecule has 0 N–H and O–H groups in total. The van der Waals surface area contributed by atoms with Crippen LogP contribution in [0.5, 0.6) is 17.2 Å². The number of rotatable bonds is 9. The quantitative estimate of drug-likeness (QED) is 0.265. The van der Waals surface area contributed by atoms with Crippen molar-refractivity contribution in [1.29, 1.82) is 0 Å². The average Bonchev–Trinajstić information content (AvgIpc) is 3.31. The molecule has 0 saturated carbocycles. The molecule has 0 spiro atoms. The van der Waals surface area contributed by atoms with Gasteiger partial charge in [-0.15, -0.1) is 0 Å². The lowest BCUT2D eigenvalue weighted by Crippen LogP contribution is -2.40. The number of fused-ring (bicyclic) bond motifs is 1. The van der Waals surface area contributed by atoms with E-state index in [1.54, 1.807) is 43.3 Å². The second-order valence-electron chi connectivity index (χ2n) is 8.99. The number of nitrogens with zero attached hydrogens (tertiary/aromatic N) is 2. The third-order valence-electron chi connectivity index (χ3n) is 6.50. The minimum Gasteiger partial charge on any atom is -0.493 e. The predicted octanol–water partition coefficient (Wildman–Crippen LogP) is 4.55. The number of halogens is 2. The van der Waals surface area contributed by atoms with Crippen LogP contribution in [-0.4, -0.2) is 38.0 Å². The molecule has 4 aromatic rings. The number of benzene rings is 3. The van der Waals surface area contributed by atoms with E-state index < -0.39 is 18.6 Å². The summed E-state index contributed by atoms with van der Waals surface area (Å²) in [7, 11) is 3.02. The molecule has 1 atom stereocenters. The van der Waals surface area contributed by atoms with Crippen molar-refractivity contribution < 1.29 is 32.5 Å². The lowest BCUT2D eigenvalue weighted by atomic mass is 9.93. The maximum atomic E-state index is 14.0. The van der Waals surface area contributed by atoms with Gasteiger partial charge in [0.1, 0.15) is 5.75 Å². The molecule has 5 rings (SSSR count). The summed E-state index contributed by atoms with van der Waals surface area (Å²) >= 11 is 1.15. The summed E-state index contributed by atoms with van der Waals surface area (Å²) in [6, 6.07) is 19.4. The van der Waals surface area contributed by atoms with Crippen LogP contribution in [-0.2, 0) is 9.53 Å². The van der Waals surface area contributed by atoms with Crippen molar-refractivity contribution in [2.45, 2.75) is 19.6 Å². The Hall–Kier alpha value is -4.77. The zero-order valence-electron chi connectivity index (χ0n) is 22.9. The molecule has 0 fully saturated rings. The van der Waals surface area contributed by atoms with Gasteiger partial charge in [0.2, 0.25) is 0 Å². The van der Waals surface area contributed by atoms with E-state index in [2.05, 4.69) is 4.74 Å². The van der Waals surface area contributed by atoms with E-state index in [-0.39, 0.29) is 23.5 Å². The topological polar surface area (TPSA) is 88.4 Å². The first-order valence-electron chi connectivity index (χ1n) is 12.9. The smallest absolute Gasteiger partial charge is 0.387 e. The summed E-state index contributed by atoms with van der Waals surface area (Å²) in [5.41, 5.74) is 2.05. The number of carbonyl (C=O) groups excluding carboxylic acids is 1. The minimum absolute atomic E-state index is 0.00337. The number of hydrogen-bond acceptors (Lipinski definition) is 8. The number of methoxy groups -OCH3 is 2. The highest BCUT2D eigenvalue weighted by molar-refractivity contribution is 7.07. The Kier molecular flexibility index (Phi) is 8.48. The molecule has 0 unspecified atom stereocenters. The van der Waals surface area contributed by atoms with Gasteiger partial charge in [-0.05, 0) is 48.4 Å². The molecule has 0 bridgehead atoms. The summed E-state index contributed by atoms with van der Waals surface area (Å²) in [6.07, 6.45) is 1.64. The molecule has 42 heavy (non-hydrogen) atoms. The number of ether oxygens (including phenoxy) is 4. The summed E-state index contributed by atoms with van der Waals surface area (Å²) in [4.78, 5) is 32.8. The Morgan fingerprint density at radius 2 is 1.74 bits per heavy atom. The molecule has 0 radical (unpaired) electrons. The van der Waals surface area contributed by atoms with Gasteiger partial charge in [0.25, 0.3) is 5.56 Å². The number of esters is 1. The van der Waals surface area contributed by atoms with Crippen molar-refractivity contribution in [3.63, 3.8) is 0 Å². The summed E-state index contributed by atoms with van der Waals surface area (Å²) < 4.78 is 47.8. The van der Waals surface area contributed by atoms with Crippen molar-refractivity contribution in [2.24, 2.45) is 4.99 Å². The fourth-order valence-electron chi connectivity index (χ4n) is 4.68. The highest BCUT2D eigenvalue weighted by Gasteiger charge is 2.35. The average molecular weight is 593 g/mol. The van der Waals surface area contributed by atoms with Gasteiger partial charge in [0.05, 0.1) is 42.7 Å². The third kappa shape index (κ3) is 5.68. The third-order valence-corrected chi connectivity index (χ3v) is 7.48. The maximum Gasteiger partial charge on any atom is 0.387 e. The Labute approximate surface area is 243 Å². The van der Waals surface area contributed by atoms with Gasteiger partial charge in [0.15, 0.2) is 16.3 Å². The summed E-state index contributed by atoms with van der Waals surface area (Å²) in [6.45, 7) is -1.11. The van der Waals surface area contributed by atoms with Crippen LogP contribution in [0.2, 0.25) is 0 Å². The van der Waals surface area contributed by atoms with Crippen LogP contribution in [0.1, 0.15) is 29.7 Å². The van der Waals surface area contributed by atoms with Gasteiger partial charge in [-0.1, -0.05) is 59.9 Å². The van der Waals surface area contributed by atoms with Crippen LogP contribution in [0.3, 0.4) is 0 Å². The number of thiazole rings is 1. The fourth-order valence-corrected chi connectivity index (χ4v) is 5.68. The normalized spacial score (nSPS) is 14.8. The van der Waals surface area contributed by atoms with E-state index in [1.807, 2.05) is 30.3 Å².